The standard InChI is InChI=1S/C27H42N10O6S/c1-44-13-10-19(22(39)33-17(15-38)8-5-11-31-25(28)29)34-23(40)21(18-9-12-32-26(30)35-18)37-27(43)36-20(24(41)42)14-16-6-3-2-4-7-16/h2-4,6-7,15,17-21H,5,8-14H2,1H3,(H,33,39)(H,34,40)(H,41,42)(H4,28,29,31)(H3,30,32,35)(H2,36,37,43). The number of hydrogen-bond acceptors (Lipinski definition) is 10. The van der Waals surface area contributed by atoms with Gasteiger partial charge < -0.3 is 53.7 Å². The molecule has 0 bridgehead atoms. The summed E-state index contributed by atoms with van der Waals surface area (Å²) in [5, 5.41) is 22.9. The van der Waals surface area contributed by atoms with Gasteiger partial charge in [-0.3, -0.25) is 19.6 Å². The molecule has 0 radical (unpaired) electrons. The van der Waals surface area contributed by atoms with Gasteiger partial charge in [0.1, 0.15) is 24.4 Å². The molecule has 0 aliphatic carbocycles. The Morgan fingerprint density at radius 2 is 1.82 bits per heavy atom. The summed E-state index contributed by atoms with van der Waals surface area (Å²) in [6.07, 6.45) is 3.71. The first-order valence-corrected chi connectivity index (χ1v) is 15.4. The van der Waals surface area contributed by atoms with Crippen LogP contribution < -0.4 is 43.8 Å². The number of benzene rings is 1. The highest BCUT2D eigenvalue weighted by atomic mass is 32.2. The van der Waals surface area contributed by atoms with E-state index in [2.05, 4.69) is 36.6 Å². The highest BCUT2D eigenvalue weighted by molar-refractivity contribution is 7.98. The zero-order valence-electron chi connectivity index (χ0n) is 24.5. The lowest BCUT2D eigenvalue weighted by Gasteiger charge is -2.32. The Bertz CT molecular complexity index is 1180. The summed E-state index contributed by atoms with van der Waals surface area (Å²) in [5.41, 5.74) is 17.1. The first-order chi connectivity index (χ1) is 21.0. The van der Waals surface area contributed by atoms with Gasteiger partial charge in [0.05, 0.1) is 12.1 Å². The van der Waals surface area contributed by atoms with Crippen molar-refractivity contribution in [3.8, 4) is 0 Å². The number of aldehydes is 1. The van der Waals surface area contributed by atoms with E-state index in [9.17, 15) is 29.1 Å². The van der Waals surface area contributed by atoms with Crippen LogP contribution in [-0.2, 0) is 25.6 Å². The zero-order chi connectivity index (χ0) is 32.5. The number of rotatable bonds is 18. The molecule has 5 unspecified atom stereocenters. The van der Waals surface area contributed by atoms with E-state index >= 15 is 0 Å². The lowest BCUT2D eigenvalue weighted by molar-refractivity contribution is -0.139. The maximum Gasteiger partial charge on any atom is 0.326 e. The molecule has 5 atom stereocenters. The molecule has 17 heteroatoms. The molecule has 2 rings (SSSR count). The van der Waals surface area contributed by atoms with E-state index in [1.165, 1.54) is 11.8 Å². The Morgan fingerprint density at radius 3 is 2.43 bits per heavy atom. The van der Waals surface area contributed by atoms with Gasteiger partial charge in [-0.1, -0.05) is 30.3 Å². The molecule has 1 aromatic rings. The first kappa shape index (κ1) is 35.7. The Morgan fingerprint density at radius 1 is 1.09 bits per heavy atom. The number of urea groups is 1. The van der Waals surface area contributed by atoms with Crippen LogP contribution in [0.15, 0.2) is 40.3 Å². The third kappa shape index (κ3) is 12.8. The Hall–Kier alpha value is -4.54. The summed E-state index contributed by atoms with van der Waals surface area (Å²) < 4.78 is 0. The van der Waals surface area contributed by atoms with Crippen molar-refractivity contribution in [1.82, 2.24) is 26.6 Å². The van der Waals surface area contributed by atoms with Crippen molar-refractivity contribution >= 4 is 53.8 Å². The van der Waals surface area contributed by atoms with E-state index in [0.717, 1.165) is 0 Å². The lowest BCUT2D eigenvalue weighted by Crippen LogP contribution is -2.64. The van der Waals surface area contributed by atoms with Crippen LogP contribution >= 0.6 is 11.8 Å². The number of carbonyl (C=O) groups excluding carboxylic acids is 4. The van der Waals surface area contributed by atoms with Gasteiger partial charge in [-0.25, -0.2) is 9.59 Å². The minimum atomic E-state index is -1.28. The molecule has 12 N–H and O–H groups in total. The molecule has 242 valence electrons. The highest BCUT2D eigenvalue weighted by Crippen LogP contribution is 2.09. The lowest BCUT2D eigenvalue weighted by atomic mass is 10.0. The number of amides is 4. The van der Waals surface area contributed by atoms with Crippen molar-refractivity contribution in [1.29, 1.82) is 0 Å². The second kappa shape index (κ2) is 18.9. The minimum absolute atomic E-state index is 0.0164. The van der Waals surface area contributed by atoms with Gasteiger partial charge in [0.2, 0.25) is 11.8 Å². The molecular weight excluding hydrogens is 592 g/mol. The maximum atomic E-state index is 13.6. The van der Waals surface area contributed by atoms with Crippen LogP contribution in [0.2, 0.25) is 0 Å². The van der Waals surface area contributed by atoms with E-state index in [1.54, 1.807) is 30.3 Å². The second-order valence-corrected chi connectivity index (χ2v) is 11.0. The normalized spacial score (nSPS) is 16.8. The van der Waals surface area contributed by atoms with Crippen LogP contribution in [0.25, 0.3) is 0 Å². The van der Waals surface area contributed by atoms with Crippen molar-refractivity contribution in [3.63, 3.8) is 0 Å². The molecule has 16 nitrogen and oxygen atoms in total. The van der Waals surface area contributed by atoms with Crippen LogP contribution in [0, 0.1) is 0 Å². The maximum absolute atomic E-state index is 13.6. The molecule has 0 fully saturated rings. The highest BCUT2D eigenvalue weighted by Gasteiger charge is 2.35. The first-order valence-electron chi connectivity index (χ1n) is 14.0. The topological polar surface area (TPSA) is 269 Å². The molecular formula is C27H42N10O6S. The molecule has 1 aromatic carbocycles. The van der Waals surface area contributed by atoms with Gasteiger partial charge in [0.25, 0.3) is 0 Å². The minimum Gasteiger partial charge on any atom is -0.480 e. The quantitative estimate of drug-likeness (QED) is 0.0369. The number of aliphatic carboxylic acids is 1. The second-order valence-electron chi connectivity index (χ2n) is 10.0. The van der Waals surface area contributed by atoms with Gasteiger partial charge in [-0.05, 0) is 43.3 Å². The molecule has 0 spiro atoms. The summed E-state index contributed by atoms with van der Waals surface area (Å²) in [6.45, 7) is 0.555. The van der Waals surface area contributed by atoms with Gasteiger partial charge in [-0.15, -0.1) is 0 Å². The Balaban J connectivity index is 2.17. The number of nitrogens with zero attached hydrogens (tertiary/aromatic N) is 2. The van der Waals surface area contributed by atoms with Gasteiger partial charge >= 0.3 is 12.0 Å². The van der Waals surface area contributed by atoms with E-state index in [1.807, 2.05) is 6.26 Å². The van der Waals surface area contributed by atoms with Crippen molar-refractivity contribution < 1.29 is 29.1 Å². The number of nitrogens with one attached hydrogen (secondary N) is 5. The number of aliphatic imine (C=N–C) groups is 2. The fourth-order valence-electron chi connectivity index (χ4n) is 4.36. The molecule has 0 aromatic heterocycles. The number of hydrogen-bond donors (Lipinski definition) is 9. The summed E-state index contributed by atoms with van der Waals surface area (Å²) in [7, 11) is 0. The average Bonchev–Trinajstić information content (AvgIpc) is 2.99. The number of carbonyl (C=O) groups is 5. The Kier molecular flexibility index (Phi) is 15.3. The van der Waals surface area contributed by atoms with Crippen LogP contribution in [0.5, 0.6) is 0 Å². The van der Waals surface area contributed by atoms with Crippen molar-refractivity contribution in [2.75, 3.05) is 25.1 Å². The number of nitrogens with two attached hydrogens (primary N) is 3. The smallest absolute Gasteiger partial charge is 0.326 e. The molecule has 1 aliphatic rings. The van der Waals surface area contributed by atoms with Gasteiger partial charge in [-0.2, -0.15) is 11.8 Å². The molecule has 44 heavy (non-hydrogen) atoms. The Labute approximate surface area is 259 Å². The number of thioether (sulfide) groups is 1. The summed E-state index contributed by atoms with van der Waals surface area (Å²) in [6, 6.07) is 2.74. The van der Waals surface area contributed by atoms with Crippen LogP contribution in [0.3, 0.4) is 0 Å². The van der Waals surface area contributed by atoms with Gasteiger partial charge in [0.15, 0.2) is 11.9 Å². The number of carboxylic acids is 1. The van der Waals surface area contributed by atoms with E-state index in [4.69, 9.17) is 17.2 Å². The molecule has 4 amide bonds. The molecule has 0 saturated carbocycles. The van der Waals surface area contributed by atoms with Crippen LogP contribution in [-0.4, -0.2) is 102 Å². The van der Waals surface area contributed by atoms with E-state index in [0.29, 0.717) is 30.4 Å². The third-order valence-corrected chi connectivity index (χ3v) is 7.26. The van der Waals surface area contributed by atoms with Crippen molar-refractivity contribution in [2.45, 2.75) is 62.3 Å². The fraction of sp³-hybridized carbons (Fsp3) is 0.519. The SMILES string of the molecule is CSCCC(NC(=O)C(NC(=O)NC(Cc1ccccc1)C(=O)O)C1CCN=C(N)N1)C(=O)NC(C=O)CCCN=C(N)N. The van der Waals surface area contributed by atoms with E-state index < -0.39 is 54.0 Å². The zero-order valence-corrected chi connectivity index (χ0v) is 25.3. The largest absolute Gasteiger partial charge is 0.480 e. The number of carboxylic acid groups (broad SMARTS) is 1. The number of guanidine groups is 2. The van der Waals surface area contributed by atoms with Crippen LogP contribution in [0.1, 0.15) is 31.2 Å². The fourth-order valence-corrected chi connectivity index (χ4v) is 4.84. The van der Waals surface area contributed by atoms with Crippen molar-refractivity contribution in [2.24, 2.45) is 27.2 Å². The predicted octanol–water partition coefficient (Wildman–Crippen LogP) is -2.00. The third-order valence-electron chi connectivity index (χ3n) is 6.62. The van der Waals surface area contributed by atoms with Crippen LogP contribution in [0.4, 0.5) is 4.79 Å². The van der Waals surface area contributed by atoms with E-state index in [-0.39, 0.29) is 44.3 Å². The molecule has 1 aliphatic heterocycles. The molecule has 0 saturated heterocycles. The summed E-state index contributed by atoms with van der Waals surface area (Å²) >= 11 is 1.46. The molecule has 1 heterocycles. The summed E-state index contributed by atoms with van der Waals surface area (Å²) in [5.74, 6) is -2.05. The monoisotopic (exact) mass is 634 g/mol. The predicted molar refractivity (Wildman–Crippen MR) is 168 cm³/mol. The van der Waals surface area contributed by atoms with Crippen molar-refractivity contribution in [3.05, 3.63) is 35.9 Å². The average molecular weight is 635 g/mol. The summed E-state index contributed by atoms with van der Waals surface area (Å²) in [4.78, 5) is 71.3. The van der Waals surface area contributed by atoms with Gasteiger partial charge in [0, 0.05) is 19.5 Å².